The normalized spacial score (nSPS) is 24.8. The maximum Gasteiger partial charge on any atom is 0.243 e. The Hall–Kier alpha value is -6.57. The predicted molar refractivity (Wildman–Crippen MR) is 275 cm³/mol. The number of phenolic OH excluding ortho intramolecular Hbond substituents is 2. The van der Waals surface area contributed by atoms with Crippen LogP contribution in [0.2, 0.25) is 0 Å². The zero-order valence-corrected chi connectivity index (χ0v) is 45.3. The number of carbonyl (C=O) groups is 9. The molecule has 0 spiro atoms. The number of hydrogen-bond donors (Lipinski definition) is 11. The molecule has 78 heavy (non-hydrogen) atoms. The van der Waals surface area contributed by atoms with Gasteiger partial charge in [-0.15, -0.1) is 0 Å². The Balaban J connectivity index is 1.17. The van der Waals surface area contributed by atoms with Crippen molar-refractivity contribution >= 4 is 52.8 Å². The van der Waals surface area contributed by atoms with Gasteiger partial charge < -0.3 is 76.3 Å². The molecule has 24 nitrogen and oxygen atoms in total. The molecule has 11 N–H and O–H groups in total. The maximum atomic E-state index is 14.3. The molecule has 0 aromatic heterocycles. The second kappa shape index (κ2) is 25.0. The SMILES string of the molecule is COc1cccc2c1C(=O)c1c(O)c3c(c(O)c1C2=O)C[C@@](O)(C(=O)CO)C[C@@H]3O[C@H]1C[C@H](NC(=O)[C@H](CC(C)C)NC(=O)[C@H](CC(C)C)NC(=O)CNC(=O)[C@H](CC(C)C)NC(=O)[C@@H]2C[C@@H](O)CN2C(C)=O)[C@H](O)[C@H](C)O1. The zero-order chi connectivity index (χ0) is 57.8. The van der Waals surface area contributed by atoms with E-state index in [9.17, 15) is 73.8 Å². The smallest absolute Gasteiger partial charge is 0.243 e. The molecule has 2 saturated heterocycles. The first-order valence-corrected chi connectivity index (χ1v) is 26.3. The fourth-order valence-electron chi connectivity index (χ4n) is 10.7. The number of β-amino-alcohol motifs (C(OH)–C–C–N with tert-alkyl or cyclic N) is 1. The third kappa shape index (κ3) is 13.3. The third-order valence-electron chi connectivity index (χ3n) is 14.5. The van der Waals surface area contributed by atoms with Crippen LogP contribution in [0.4, 0.5) is 0 Å². The number of ketones is 3. The average Bonchev–Trinajstić information content (AvgIpc) is 3.88. The van der Waals surface area contributed by atoms with E-state index in [1.165, 1.54) is 44.1 Å². The van der Waals surface area contributed by atoms with Crippen molar-refractivity contribution in [2.45, 2.75) is 167 Å². The number of nitrogens with one attached hydrogen (secondary N) is 5. The van der Waals surface area contributed by atoms with Crippen LogP contribution in [0.5, 0.6) is 17.2 Å². The van der Waals surface area contributed by atoms with Crippen LogP contribution in [0.1, 0.15) is 143 Å². The Morgan fingerprint density at radius 3 is 2.00 bits per heavy atom. The van der Waals surface area contributed by atoms with E-state index >= 15 is 0 Å². The summed E-state index contributed by atoms with van der Waals surface area (Å²) in [6.45, 7) is 11.8. The number of aliphatic hydroxyl groups is 4. The first-order valence-electron chi connectivity index (χ1n) is 26.3. The Labute approximate surface area is 451 Å². The summed E-state index contributed by atoms with van der Waals surface area (Å²) in [4.78, 5) is 123. The van der Waals surface area contributed by atoms with E-state index in [4.69, 9.17) is 14.2 Å². The van der Waals surface area contributed by atoms with Gasteiger partial charge in [0.05, 0.1) is 54.7 Å². The highest BCUT2D eigenvalue weighted by Gasteiger charge is 2.51. The van der Waals surface area contributed by atoms with Crippen LogP contribution in [0.15, 0.2) is 18.2 Å². The summed E-state index contributed by atoms with van der Waals surface area (Å²) in [7, 11) is 1.28. The number of rotatable bonds is 21. The van der Waals surface area contributed by atoms with E-state index in [-0.39, 0.29) is 84.4 Å². The standard InChI is InChI=1S/C54H74N6O18/c1-23(2)13-32(59-53(74)35-16-28(63)21-60(35)27(8)62)50(71)55-20-39(65)56-33(14-24(3)4)51(72)58-34(15-25(5)6)52(73)57-31-17-40(77-26(7)45(31)66)78-37-19-54(75,38(64)22-61)18-30-42(37)49(70)44-43(47(30)68)46(67)29-11-10-12-36(76-9)41(29)48(44)69/h10-12,23-26,28,31-35,37,40,45,61,63,66,68,70,75H,13-22H2,1-9H3,(H,55,71)(H,56,65)(H,57,73)(H,58,72)(H,59,74)/t26-,28+,31-,32-,33-,34-,35-,37-,40-,45+,54-/m0/s1. The highest BCUT2D eigenvalue weighted by atomic mass is 16.7. The summed E-state index contributed by atoms with van der Waals surface area (Å²) in [5.74, 6) is -8.85. The predicted octanol–water partition coefficient (Wildman–Crippen LogP) is -0.151. The first kappa shape index (κ1) is 60.7. The number of ether oxygens (including phenoxy) is 3. The molecule has 4 aliphatic rings. The maximum absolute atomic E-state index is 14.3. The Bertz CT molecular complexity index is 2680. The van der Waals surface area contributed by atoms with Gasteiger partial charge in [-0.05, 0) is 50.0 Å². The molecule has 2 heterocycles. The number of nitrogens with zero attached hydrogens (tertiary/aromatic N) is 1. The van der Waals surface area contributed by atoms with Crippen LogP contribution < -0.4 is 31.3 Å². The van der Waals surface area contributed by atoms with Crippen LogP contribution in [-0.2, 0) is 49.5 Å². The molecular formula is C54H74N6O18. The highest BCUT2D eigenvalue weighted by molar-refractivity contribution is 6.31. The van der Waals surface area contributed by atoms with Crippen molar-refractivity contribution in [1.82, 2.24) is 31.5 Å². The molecule has 2 fully saturated rings. The van der Waals surface area contributed by atoms with E-state index < -0.39 is 168 Å². The number of methoxy groups -OCH3 is 1. The fourth-order valence-corrected chi connectivity index (χ4v) is 10.7. The molecule has 2 aromatic carbocycles. The van der Waals surface area contributed by atoms with Gasteiger partial charge in [0.15, 0.2) is 17.9 Å². The second-order valence-electron chi connectivity index (χ2n) is 22.0. The van der Waals surface area contributed by atoms with Crippen molar-refractivity contribution in [3.05, 3.63) is 51.6 Å². The van der Waals surface area contributed by atoms with Crippen molar-refractivity contribution in [1.29, 1.82) is 0 Å². The molecule has 11 atom stereocenters. The summed E-state index contributed by atoms with van der Waals surface area (Å²) in [5, 5.41) is 80.2. The van der Waals surface area contributed by atoms with Gasteiger partial charge in [0.1, 0.15) is 59.7 Å². The number of hydrogen-bond acceptors (Lipinski definition) is 18. The van der Waals surface area contributed by atoms with Crippen molar-refractivity contribution in [2.75, 3.05) is 26.8 Å². The minimum atomic E-state index is -2.44. The number of likely N-dealkylation sites (tertiary alicyclic amines) is 1. The number of benzene rings is 2. The molecule has 0 radical (unpaired) electrons. The van der Waals surface area contributed by atoms with Gasteiger partial charge in [-0.1, -0.05) is 53.7 Å². The lowest BCUT2D eigenvalue weighted by Crippen LogP contribution is -2.60. The molecule has 0 bridgehead atoms. The molecular weight excluding hydrogens is 1020 g/mol. The number of aliphatic hydroxyl groups excluding tert-OH is 3. The summed E-state index contributed by atoms with van der Waals surface area (Å²) in [6.07, 6.45) is -7.72. The number of carbonyl (C=O) groups excluding carboxylic acids is 9. The minimum Gasteiger partial charge on any atom is -0.507 e. The Morgan fingerprint density at radius 1 is 0.808 bits per heavy atom. The van der Waals surface area contributed by atoms with E-state index in [1.807, 2.05) is 13.8 Å². The molecule has 0 unspecified atom stereocenters. The van der Waals surface area contributed by atoms with Gasteiger partial charge in [0, 0.05) is 55.8 Å². The van der Waals surface area contributed by atoms with Crippen LogP contribution in [-0.4, -0.2) is 176 Å². The number of phenols is 2. The molecule has 6 amide bonds. The van der Waals surface area contributed by atoms with Crippen LogP contribution >= 0.6 is 0 Å². The fraction of sp³-hybridized carbons (Fsp3) is 0.611. The van der Waals surface area contributed by atoms with E-state index in [0.717, 1.165) is 0 Å². The largest absolute Gasteiger partial charge is 0.507 e. The summed E-state index contributed by atoms with van der Waals surface area (Å²) < 4.78 is 17.7. The van der Waals surface area contributed by atoms with Crippen molar-refractivity contribution < 1.29 is 88.0 Å². The second-order valence-corrected chi connectivity index (χ2v) is 22.0. The van der Waals surface area contributed by atoms with Crippen molar-refractivity contribution in [3.8, 4) is 17.2 Å². The van der Waals surface area contributed by atoms with Gasteiger partial charge >= 0.3 is 0 Å². The molecule has 2 aromatic rings. The Kier molecular flexibility index (Phi) is 19.5. The zero-order valence-electron chi connectivity index (χ0n) is 45.3. The topological polar surface area (TPSA) is 366 Å². The molecule has 2 aliphatic carbocycles. The van der Waals surface area contributed by atoms with E-state index in [2.05, 4.69) is 26.6 Å². The van der Waals surface area contributed by atoms with Gasteiger partial charge in [0.2, 0.25) is 41.2 Å². The quantitative estimate of drug-likeness (QED) is 0.0618. The van der Waals surface area contributed by atoms with Crippen LogP contribution in [0.25, 0.3) is 0 Å². The van der Waals surface area contributed by atoms with E-state index in [1.54, 1.807) is 27.7 Å². The first-order chi connectivity index (χ1) is 36.6. The summed E-state index contributed by atoms with van der Waals surface area (Å²) in [6, 6.07) is -1.48. The number of Topliss-reactive ketones (excluding diaryl/α,β-unsaturated/α-hetero) is 1. The molecule has 0 saturated carbocycles. The lowest BCUT2D eigenvalue weighted by Gasteiger charge is -2.43. The van der Waals surface area contributed by atoms with E-state index in [0.29, 0.717) is 0 Å². The van der Waals surface area contributed by atoms with Crippen LogP contribution in [0.3, 0.4) is 0 Å². The summed E-state index contributed by atoms with van der Waals surface area (Å²) >= 11 is 0. The minimum absolute atomic E-state index is 0.0109. The number of aromatic hydroxyl groups is 2. The van der Waals surface area contributed by atoms with Gasteiger partial charge in [-0.3, -0.25) is 43.2 Å². The Morgan fingerprint density at radius 2 is 1.41 bits per heavy atom. The number of fused-ring (bicyclic) bond motifs is 3. The van der Waals surface area contributed by atoms with Crippen molar-refractivity contribution in [3.63, 3.8) is 0 Å². The van der Waals surface area contributed by atoms with Gasteiger partial charge in [-0.2, -0.15) is 0 Å². The molecule has 428 valence electrons. The lowest BCUT2D eigenvalue weighted by molar-refractivity contribution is -0.249. The molecule has 6 rings (SSSR count). The third-order valence-corrected chi connectivity index (χ3v) is 14.5. The molecule has 24 heteroatoms. The van der Waals surface area contributed by atoms with Gasteiger partial charge in [0.25, 0.3) is 0 Å². The average molecular weight is 1100 g/mol. The molecule has 2 aliphatic heterocycles. The summed E-state index contributed by atoms with van der Waals surface area (Å²) in [5.41, 5.74) is -4.51. The lowest BCUT2D eigenvalue weighted by atomic mass is 9.72. The van der Waals surface area contributed by atoms with Crippen LogP contribution in [0, 0.1) is 17.8 Å². The van der Waals surface area contributed by atoms with Crippen molar-refractivity contribution in [2.24, 2.45) is 17.8 Å². The number of amides is 6. The van der Waals surface area contributed by atoms with Gasteiger partial charge in [-0.25, -0.2) is 0 Å². The highest BCUT2D eigenvalue weighted by Crippen LogP contribution is 2.52. The monoisotopic (exact) mass is 1090 g/mol.